The quantitative estimate of drug-likeness (QED) is 0.0786. The Morgan fingerprint density at radius 3 is 2.42 bits per heavy atom. The van der Waals surface area contributed by atoms with E-state index in [1.54, 1.807) is 67.5 Å². The van der Waals surface area contributed by atoms with Gasteiger partial charge in [-0.25, -0.2) is 9.18 Å². The fraction of sp³-hybridized carbons (Fsp3) is 0.388. The van der Waals surface area contributed by atoms with Crippen LogP contribution < -0.4 is 27.0 Å². The van der Waals surface area contributed by atoms with Crippen molar-refractivity contribution in [2.45, 2.75) is 99.6 Å². The summed E-state index contributed by atoms with van der Waals surface area (Å²) in [6.45, 7) is 0.529. The SMILES string of the molecule is CN(CCCCCc1ccc2c(c1)n(C)c(=O)n2C1CCC(=O)NC1=O)C(=O)c1ccc(NC(=O)[C@@H]2NC3(CCCCC3)[C@@]3(C(=O)Nc4cc(Cl)ccc43)[C@H]2c2cccc(Cl)c2F)cc1. The molecule has 0 bridgehead atoms. The van der Waals surface area contributed by atoms with Gasteiger partial charge < -0.3 is 15.5 Å². The number of imidazole rings is 1. The Labute approximate surface area is 385 Å². The molecule has 4 aliphatic rings. The van der Waals surface area contributed by atoms with Gasteiger partial charge in [-0.3, -0.25) is 43.7 Å². The average molecular weight is 923 g/mol. The van der Waals surface area contributed by atoms with Crippen molar-refractivity contribution in [2.24, 2.45) is 7.05 Å². The van der Waals surface area contributed by atoms with Gasteiger partial charge in [-0.1, -0.05) is 73.2 Å². The van der Waals surface area contributed by atoms with E-state index < -0.39 is 46.6 Å². The lowest BCUT2D eigenvalue weighted by atomic mass is 9.55. The normalized spacial score (nSPS) is 22.3. The molecule has 16 heteroatoms. The van der Waals surface area contributed by atoms with Gasteiger partial charge in [0.1, 0.15) is 17.3 Å². The van der Waals surface area contributed by atoms with E-state index in [0.29, 0.717) is 52.4 Å². The van der Waals surface area contributed by atoms with Crippen LogP contribution in [0.5, 0.6) is 0 Å². The molecule has 3 aliphatic heterocycles. The first kappa shape index (κ1) is 44.4. The minimum absolute atomic E-state index is 0.105. The monoisotopic (exact) mass is 921 g/mol. The Hall–Kier alpha value is -5.83. The molecular formula is C49H50Cl2FN7O6. The molecule has 4 atom stereocenters. The van der Waals surface area contributed by atoms with Crippen LogP contribution >= 0.6 is 23.2 Å². The maximum Gasteiger partial charge on any atom is 0.329 e. The Kier molecular flexibility index (Phi) is 12.0. The van der Waals surface area contributed by atoms with Crippen LogP contribution in [0, 0.1) is 5.82 Å². The topological polar surface area (TPSA) is 164 Å². The minimum Gasteiger partial charge on any atom is -0.342 e. The molecule has 13 nitrogen and oxygen atoms in total. The smallest absolute Gasteiger partial charge is 0.329 e. The van der Waals surface area contributed by atoms with Gasteiger partial charge in [-0.05, 0) is 110 Å². The molecule has 5 aromatic rings. The van der Waals surface area contributed by atoms with Crippen molar-refractivity contribution in [3.8, 4) is 0 Å². The van der Waals surface area contributed by atoms with E-state index in [1.807, 2.05) is 24.3 Å². The number of benzene rings is 4. The Morgan fingerprint density at radius 2 is 1.66 bits per heavy atom. The van der Waals surface area contributed by atoms with Crippen molar-refractivity contribution in [3.05, 3.63) is 127 Å². The summed E-state index contributed by atoms with van der Waals surface area (Å²) in [5, 5.41) is 12.4. The standard InChI is InChI=1S/C49H50Cl2FN7O6/c1-57(25-8-3-5-10-28-13-20-36-38(26-28)58(2)47(65)59(36)37-21-22-39(60)55-43(37)61)45(63)29-14-17-31(18-15-29)53-44(62)42-40(32-11-9-12-34(51)41(32)52)49(48(56-42)23-6-4-7-24-48)33-19-16-30(50)27-35(33)54-46(49)64/h9,11-20,26-27,37,40,42,56H,3-8,10,21-25H2,1-2H3,(H,53,62)(H,54,64)(H,55,60,61)/t37?,40-,42+,49+/m0/s1. The molecule has 338 valence electrons. The van der Waals surface area contributed by atoms with E-state index >= 15 is 4.39 Å². The van der Waals surface area contributed by atoms with Crippen LogP contribution in [0.15, 0.2) is 83.7 Å². The largest absolute Gasteiger partial charge is 0.342 e. The number of hydrogen-bond acceptors (Lipinski definition) is 7. The minimum atomic E-state index is -1.36. The van der Waals surface area contributed by atoms with Crippen LogP contribution in [0.1, 0.15) is 103 Å². The first-order valence-corrected chi connectivity index (χ1v) is 23.0. The summed E-state index contributed by atoms with van der Waals surface area (Å²) in [6.07, 6.45) is 7.51. The van der Waals surface area contributed by atoms with E-state index in [4.69, 9.17) is 23.2 Å². The van der Waals surface area contributed by atoms with Crippen LogP contribution in [-0.2, 0) is 38.1 Å². The van der Waals surface area contributed by atoms with Crippen LogP contribution in [0.2, 0.25) is 10.0 Å². The first-order chi connectivity index (χ1) is 31.2. The van der Waals surface area contributed by atoms with Gasteiger partial charge in [0.15, 0.2) is 0 Å². The molecule has 0 radical (unpaired) electrons. The van der Waals surface area contributed by atoms with Gasteiger partial charge >= 0.3 is 5.69 Å². The lowest BCUT2D eigenvalue weighted by Crippen LogP contribution is -2.60. The highest BCUT2D eigenvalue weighted by molar-refractivity contribution is 6.31. The Bertz CT molecular complexity index is 2820. The Morgan fingerprint density at radius 1 is 0.892 bits per heavy atom. The van der Waals surface area contributed by atoms with Crippen molar-refractivity contribution in [2.75, 3.05) is 24.2 Å². The zero-order chi connectivity index (χ0) is 45.8. The van der Waals surface area contributed by atoms with Crippen molar-refractivity contribution in [1.82, 2.24) is 24.7 Å². The molecule has 2 spiro atoms. The highest BCUT2D eigenvalue weighted by Gasteiger charge is 2.72. The molecular weight excluding hydrogens is 872 g/mol. The molecule has 1 saturated carbocycles. The molecule has 5 amide bonds. The predicted molar refractivity (Wildman–Crippen MR) is 247 cm³/mol. The third kappa shape index (κ3) is 7.62. The number of aromatic nitrogens is 2. The maximum atomic E-state index is 16.3. The van der Waals surface area contributed by atoms with Gasteiger partial charge in [0.25, 0.3) is 5.91 Å². The zero-order valence-electron chi connectivity index (χ0n) is 36.1. The number of nitrogens with one attached hydrogen (secondary N) is 4. The van der Waals surface area contributed by atoms with Crippen LogP contribution in [-0.4, -0.2) is 68.7 Å². The lowest BCUT2D eigenvalue weighted by molar-refractivity contribution is -0.135. The summed E-state index contributed by atoms with van der Waals surface area (Å²) in [5.41, 5.74) is 2.15. The molecule has 1 unspecified atom stereocenters. The summed E-state index contributed by atoms with van der Waals surface area (Å²) in [5.74, 6) is -3.39. The fourth-order valence-corrected chi connectivity index (χ4v) is 11.5. The second-order valence-corrected chi connectivity index (χ2v) is 18.8. The number of anilines is 2. The first-order valence-electron chi connectivity index (χ1n) is 22.3. The average Bonchev–Trinajstić information content (AvgIpc) is 3.84. The number of hydrogen-bond donors (Lipinski definition) is 4. The Balaban J connectivity index is 0.852. The molecule has 65 heavy (non-hydrogen) atoms. The third-order valence-corrected chi connectivity index (χ3v) is 14.7. The summed E-state index contributed by atoms with van der Waals surface area (Å²) in [7, 11) is 3.43. The van der Waals surface area contributed by atoms with E-state index in [0.717, 1.165) is 56.0 Å². The molecule has 4 heterocycles. The summed E-state index contributed by atoms with van der Waals surface area (Å²) in [4.78, 5) is 81.8. The number of halogens is 3. The van der Waals surface area contributed by atoms with Crippen molar-refractivity contribution < 1.29 is 28.4 Å². The highest BCUT2D eigenvalue weighted by atomic mass is 35.5. The van der Waals surface area contributed by atoms with Gasteiger partial charge in [0, 0.05) is 60.5 Å². The fourth-order valence-electron chi connectivity index (χ4n) is 11.1. The number of unbranched alkanes of at least 4 members (excludes halogenated alkanes) is 2. The third-order valence-electron chi connectivity index (χ3n) is 14.2. The number of carbonyl (C=O) groups excluding carboxylic acids is 5. The molecule has 3 fully saturated rings. The summed E-state index contributed by atoms with van der Waals surface area (Å²) in [6, 6.07) is 20.6. The summed E-state index contributed by atoms with van der Waals surface area (Å²) >= 11 is 12.8. The maximum absolute atomic E-state index is 16.3. The van der Waals surface area contributed by atoms with Crippen molar-refractivity contribution in [3.63, 3.8) is 0 Å². The number of amides is 5. The lowest BCUT2D eigenvalue weighted by Gasteiger charge is -2.47. The van der Waals surface area contributed by atoms with Crippen LogP contribution in [0.3, 0.4) is 0 Å². The highest BCUT2D eigenvalue weighted by Crippen LogP contribution is 2.63. The second-order valence-electron chi connectivity index (χ2n) is 17.9. The van der Waals surface area contributed by atoms with Gasteiger partial charge in [0.2, 0.25) is 23.6 Å². The molecule has 4 aromatic carbocycles. The molecule has 9 rings (SSSR count). The number of nitrogens with zero attached hydrogens (tertiary/aromatic N) is 3. The summed E-state index contributed by atoms with van der Waals surface area (Å²) < 4.78 is 19.3. The van der Waals surface area contributed by atoms with Crippen molar-refractivity contribution >= 4 is 75.1 Å². The number of rotatable bonds is 11. The van der Waals surface area contributed by atoms with E-state index in [2.05, 4.69) is 21.3 Å². The molecule has 1 aromatic heterocycles. The van der Waals surface area contributed by atoms with Gasteiger partial charge in [0.05, 0.1) is 22.1 Å². The second kappa shape index (κ2) is 17.5. The zero-order valence-corrected chi connectivity index (χ0v) is 37.7. The van der Waals surface area contributed by atoms with E-state index in [9.17, 15) is 28.8 Å². The number of piperidine rings is 1. The van der Waals surface area contributed by atoms with Gasteiger partial charge in [-0.15, -0.1) is 0 Å². The van der Waals surface area contributed by atoms with Gasteiger partial charge in [-0.2, -0.15) is 0 Å². The number of aryl methyl sites for hydroxylation is 2. The van der Waals surface area contributed by atoms with Crippen molar-refractivity contribution in [1.29, 1.82) is 0 Å². The number of fused-ring (bicyclic) bond motifs is 4. The molecule has 1 aliphatic carbocycles. The van der Waals surface area contributed by atoms with Crippen LogP contribution in [0.4, 0.5) is 15.8 Å². The van der Waals surface area contributed by atoms with E-state index in [-0.39, 0.29) is 46.8 Å². The van der Waals surface area contributed by atoms with E-state index in [1.165, 1.54) is 15.2 Å². The number of carbonyl (C=O) groups is 5. The van der Waals surface area contributed by atoms with Crippen LogP contribution in [0.25, 0.3) is 11.0 Å². The molecule has 2 saturated heterocycles. The molecule has 4 N–H and O–H groups in total. The predicted octanol–water partition coefficient (Wildman–Crippen LogP) is 7.54. The number of imide groups is 1.